The van der Waals surface area contributed by atoms with E-state index in [1.165, 1.54) is 23.6 Å². The van der Waals surface area contributed by atoms with Gasteiger partial charge in [-0.1, -0.05) is 5.16 Å². The van der Waals surface area contributed by atoms with Crippen LogP contribution in [0.3, 0.4) is 0 Å². The number of aryl methyl sites for hydroxylation is 1. The Labute approximate surface area is 109 Å². The van der Waals surface area contributed by atoms with E-state index in [9.17, 15) is 8.42 Å². The number of hydrogen-bond acceptors (Lipinski definition) is 6. The lowest BCUT2D eigenvalue weighted by Crippen LogP contribution is -2.28. The summed E-state index contributed by atoms with van der Waals surface area (Å²) in [7, 11) is -3.46. The summed E-state index contributed by atoms with van der Waals surface area (Å²) >= 11 is 1.43. The van der Waals surface area contributed by atoms with E-state index < -0.39 is 10.0 Å². The number of sulfonamides is 1. The van der Waals surface area contributed by atoms with Crippen LogP contribution < -0.4 is 4.72 Å². The van der Waals surface area contributed by atoms with E-state index in [0.717, 1.165) is 10.7 Å². The number of nitrogens with one attached hydrogen (secondary N) is 1. The fraction of sp³-hybridized carbons (Fsp3) is 0.400. The Morgan fingerprint density at radius 1 is 1.56 bits per heavy atom. The van der Waals surface area contributed by atoms with Crippen LogP contribution in [0, 0.1) is 6.92 Å². The lowest BCUT2D eigenvalue weighted by molar-refractivity contribution is 0.392. The van der Waals surface area contributed by atoms with Crippen LogP contribution >= 0.6 is 11.3 Å². The second kappa shape index (κ2) is 5.17. The van der Waals surface area contributed by atoms with Gasteiger partial charge in [0.25, 0.3) is 0 Å². The molecule has 1 atom stereocenters. The van der Waals surface area contributed by atoms with E-state index in [-0.39, 0.29) is 11.8 Å². The number of rotatable bonds is 5. The molecule has 0 aliphatic carbocycles. The standard InChI is InChI=1S/C10H13N3O3S2/c1-7-5-17-10(12-7)8(2)13-18(14,15)6-9-3-4-11-16-9/h3-5,8,13H,6H2,1-2H3. The third-order valence-corrected chi connectivity index (χ3v) is 4.71. The molecule has 0 saturated heterocycles. The molecule has 2 rings (SSSR count). The highest BCUT2D eigenvalue weighted by Gasteiger charge is 2.19. The van der Waals surface area contributed by atoms with E-state index in [0.29, 0.717) is 5.76 Å². The van der Waals surface area contributed by atoms with Gasteiger partial charge in [-0.2, -0.15) is 0 Å². The average Bonchev–Trinajstić information content (AvgIpc) is 2.87. The van der Waals surface area contributed by atoms with Crippen LogP contribution in [0.2, 0.25) is 0 Å². The zero-order chi connectivity index (χ0) is 13.2. The molecule has 0 bridgehead atoms. The third kappa shape index (κ3) is 3.37. The summed E-state index contributed by atoms with van der Waals surface area (Å²) < 4.78 is 31.1. The smallest absolute Gasteiger partial charge is 0.219 e. The summed E-state index contributed by atoms with van der Waals surface area (Å²) in [5.74, 6) is 0.0897. The molecule has 0 amide bonds. The first-order valence-corrected chi connectivity index (χ1v) is 7.81. The maximum Gasteiger partial charge on any atom is 0.219 e. The van der Waals surface area contributed by atoms with Gasteiger partial charge in [0.15, 0.2) is 5.76 Å². The summed E-state index contributed by atoms with van der Waals surface area (Å²) in [6.45, 7) is 3.63. The largest absolute Gasteiger partial charge is 0.360 e. The fourth-order valence-corrected chi connectivity index (χ4v) is 3.57. The number of nitrogens with zero attached hydrogens (tertiary/aromatic N) is 2. The molecule has 1 unspecified atom stereocenters. The van der Waals surface area contributed by atoms with Crippen LogP contribution in [0.5, 0.6) is 0 Å². The zero-order valence-electron chi connectivity index (χ0n) is 9.95. The molecule has 8 heteroatoms. The molecule has 0 saturated carbocycles. The lowest BCUT2D eigenvalue weighted by atomic mass is 10.4. The Bertz CT molecular complexity index is 604. The first kappa shape index (κ1) is 13.2. The van der Waals surface area contributed by atoms with Crippen LogP contribution in [0.15, 0.2) is 22.2 Å². The number of thiazole rings is 1. The Morgan fingerprint density at radius 2 is 2.33 bits per heavy atom. The third-order valence-electron chi connectivity index (χ3n) is 2.19. The summed E-state index contributed by atoms with van der Waals surface area (Å²) in [6, 6.07) is 1.17. The summed E-state index contributed by atoms with van der Waals surface area (Å²) in [4.78, 5) is 4.25. The Kier molecular flexibility index (Phi) is 3.79. The molecule has 1 N–H and O–H groups in total. The van der Waals surface area contributed by atoms with Gasteiger partial charge >= 0.3 is 0 Å². The van der Waals surface area contributed by atoms with Gasteiger partial charge in [0.2, 0.25) is 10.0 Å². The highest BCUT2D eigenvalue weighted by molar-refractivity contribution is 7.88. The normalized spacial score (nSPS) is 13.7. The average molecular weight is 287 g/mol. The van der Waals surface area contributed by atoms with Gasteiger partial charge in [-0.05, 0) is 13.8 Å². The van der Waals surface area contributed by atoms with E-state index in [1.807, 2.05) is 12.3 Å². The second-order valence-electron chi connectivity index (χ2n) is 3.90. The zero-order valence-corrected chi connectivity index (χ0v) is 11.6. The number of hydrogen-bond donors (Lipinski definition) is 1. The Morgan fingerprint density at radius 3 is 2.89 bits per heavy atom. The fourth-order valence-electron chi connectivity index (χ4n) is 1.44. The van der Waals surface area contributed by atoms with Crippen molar-refractivity contribution in [1.82, 2.24) is 14.9 Å². The number of aromatic nitrogens is 2. The van der Waals surface area contributed by atoms with Gasteiger partial charge in [0.05, 0.1) is 12.2 Å². The molecule has 0 aliphatic heterocycles. The molecule has 0 spiro atoms. The van der Waals surface area contributed by atoms with Crippen molar-refractivity contribution in [3.63, 3.8) is 0 Å². The Balaban J connectivity index is 2.04. The van der Waals surface area contributed by atoms with E-state index in [2.05, 4.69) is 14.9 Å². The van der Waals surface area contributed by atoms with E-state index in [1.54, 1.807) is 6.92 Å². The van der Waals surface area contributed by atoms with Crippen molar-refractivity contribution in [2.24, 2.45) is 0 Å². The topological polar surface area (TPSA) is 85.1 Å². The predicted molar refractivity (Wildman–Crippen MR) is 67.5 cm³/mol. The van der Waals surface area contributed by atoms with Crippen molar-refractivity contribution in [2.45, 2.75) is 25.6 Å². The maximum atomic E-state index is 11.9. The van der Waals surface area contributed by atoms with E-state index >= 15 is 0 Å². The molecule has 2 heterocycles. The van der Waals surface area contributed by atoms with Gasteiger partial charge in [-0.25, -0.2) is 18.1 Å². The van der Waals surface area contributed by atoms with E-state index in [4.69, 9.17) is 4.52 Å². The van der Waals surface area contributed by atoms with Crippen molar-refractivity contribution < 1.29 is 12.9 Å². The first-order valence-electron chi connectivity index (χ1n) is 5.28. The van der Waals surface area contributed by atoms with Crippen LogP contribution in [0.4, 0.5) is 0 Å². The van der Waals surface area contributed by atoms with Crippen molar-refractivity contribution in [1.29, 1.82) is 0 Å². The highest BCUT2D eigenvalue weighted by Crippen LogP contribution is 2.18. The molecule has 98 valence electrons. The van der Waals surface area contributed by atoms with Crippen LogP contribution in [0.25, 0.3) is 0 Å². The second-order valence-corrected chi connectivity index (χ2v) is 6.55. The van der Waals surface area contributed by atoms with Gasteiger partial charge in [0.1, 0.15) is 10.8 Å². The molecule has 0 fully saturated rings. The van der Waals surface area contributed by atoms with Crippen molar-refractivity contribution >= 4 is 21.4 Å². The minimum atomic E-state index is -3.46. The minimum absolute atomic E-state index is 0.221. The van der Waals surface area contributed by atoms with Crippen molar-refractivity contribution in [3.8, 4) is 0 Å². The minimum Gasteiger partial charge on any atom is -0.360 e. The summed E-state index contributed by atoms with van der Waals surface area (Å²) in [5, 5.41) is 6.10. The molecular formula is C10H13N3O3S2. The van der Waals surface area contributed by atoms with Gasteiger partial charge in [-0.15, -0.1) is 11.3 Å². The van der Waals surface area contributed by atoms with Gasteiger partial charge in [0, 0.05) is 17.1 Å². The van der Waals surface area contributed by atoms with Crippen LogP contribution in [-0.2, 0) is 15.8 Å². The Hall–Kier alpha value is -1.25. The van der Waals surface area contributed by atoms with Crippen molar-refractivity contribution in [3.05, 3.63) is 34.1 Å². The highest BCUT2D eigenvalue weighted by atomic mass is 32.2. The molecule has 2 aromatic rings. The molecule has 0 aliphatic rings. The van der Waals surface area contributed by atoms with Gasteiger partial charge < -0.3 is 4.52 Å². The first-order chi connectivity index (χ1) is 8.46. The molecule has 18 heavy (non-hydrogen) atoms. The van der Waals surface area contributed by atoms with Crippen molar-refractivity contribution in [2.75, 3.05) is 0 Å². The predicted octanol–water partition coefficient (Wildman–Crippen LogP) is 1.62. The maximum absolute atomic E-state index is 11.9. The SMILES string of the molecule is Cc1csc(C(C)NS(=O)(=O)Cc2ccno2)n1. The summed E-state index contributed by atoms with van der Waals surface area (Å²) in [6.07, 6.45) is 1.42. The molecular weight excluding hydrogens is 274 g/mol. The van der Waals surface area contributed by atoms with Crippen LogP contribution in [0.1, 0.15) is 29.4 Å². The van der Waals surface area contributed by atoms with Gasteiger partial charge in [-0.3, -0.25) is 0 Å². The molecule has 0 radical (unpaired) electrons. The molecule has 0 aromatic carbocycles. The van der Waals surface area contributed by atoms with Crippen LogP contribution in [-0.4, -0.2) is 18.6 Å². The monoisotopic (exact) mass is 287 g/mol. The molecule has 6 nitrogen and oxygen atoms in total. The molecule has 2 aromatic heterocycles. The lowest BCUT2D eigenvalue weighted by Gasteiger charge is -2.10. The summed E-state index contributed by atoms with van der Waals surface area (Å²) in [5.41, 5.74) is 0.885. The quantitative estimate of drug-likeness (QED) is 0.903.